The third-order valence-electron chi connectivity index (χ3n) is 5.04. The number of rotatable bonds is 4. The van der Waals surface area contributed by atoms with Gasteiger partial charge in [0.05, 0.1) is 0 Å². The van der Waals surface area contributed by atoms with E-state index in [0.717, 1.165) is 18.2 Å². The van der Waals surface area contributed by atoms with E-state index >= 15 is 0 Å². The Morgan fingerprint density at radius 2 is 2.24 bits per heavy atom. The molecule has 0 aliphatic heterocycles. The van der Waals surface area contributed by atoms with Crippen LogP contribution in [0.1, 0.15) is 33.1 Å². The first kappa shape index (κ1) is 13.1. The molecule has 96 valence electrons. The van der Waals surface area contributed by atoms with Gasteiger partial charge in [-0.1, -0.05) is 0 Å². The van der Waals surface area contributed by atoms with Crippen molar-refractivity contribution >= 4 is 20.9 Å². The summed E-state index contributed by atoms with van der Waals surface area (Å²) in [6.07, 6.45) is 4.32. The number of carbonyl (C=O) groups is 1. The Bertz CT molecular complexity index is 351. The minimum atomic E-state index is -0.875. The second-order valence-corrected chi connectivity index (χ2v) is 7.69. The van der Waals surface area contributed by atoms with Gasteiger partial charge in [0.2, 0.25) is 0 Å². The molecule has 0 spiro atoms. The van der Waals surface area contributed by atoms with Gasteiger partial charge in [0.15, 0.2) is 0 Å². The first-order chi connectivity index (χ1) is 7.90. The van der Waals surface area contributed by atoms with Crippen molar-refractivity contribution in [3.8, 4) is 0 Å². The van der Waals surface area contributed by atoms with Crippen molar-refractivity contribution in [2.45, 2.75) is 44.5 Å². The molecule has 0 unspecified atom stereocenters. The van der Waals surface area contributed by atoms with Crippen LogP contribution in [-0.2, 0) is 4.79 Å². The number of hydrogen-bond donors (Lipinski definition) is 2. The number of aliphatic hydroxyl groups excluding tert-OH is 1. The predicted molar refractivity (Wildman–Crippen MR) is 66.9 cm³/mol. The summed E-state index contributed by atoms with van der Waals surface area (Å²) in [5.74, 6) is -0.225. The second-order valence-electron chi connectivity index (χ2n) is 5.82. The van der Waals surface area contributed by atoms with Crippen LogP contribution in [0, 0.1) is 16.7 Å². The fraction of sp³-hybridized carbons (Fsp3) is 0.769. The Balaban J connectivity index is 2.05. The standard InChI is InChI=1S/C13H20O3Se/c1-12(2)9-3-5-13(12,10(14)7-9)8-17-6-4-11(15)16/h4,6,9-10,14H,3,5,7-8H2,1-2H3,(H,15,16)/b6-4+/t9-,10-,13-/m0/s1. The van der Waals surface area contributed by atoms with Gasteiger partial charge in [-0.2, -0.15) is 0 Å². The van der Waals surface area contributed by atoms with Gasteiger partial charge in [-0.05, 0) is 0 Å². The summed E-state index contributed by atoms with van der Waals surface area (Å²) >= 11 is 0.176. The maximum atomic E-state index is 10.4. The van der Waals surface area contributed by atoms with E-state index in [1.165, 1.54) is 12.5 Å². The summed E-state index contributed by atoms with van der Waals surface area (Å²) < 4.78 is 0. The molecular weight excluding hydrogens is 283 g/mol. The van der Waals surface area contributed by atoms with Crippen molar-refractivity contribution in [3.05, 3.63) is 11.1 Å². The van der Waals surface area contributed by atoms with E-state index in [1.807, 2.05) is 0 Å². The van der Waals surface area contributed by atoms with Gasteiger partial charge >= 0.3 is 108 Å². The van der Waals surface area contributed by atoms with Crippen molar-refractivity contribution in [1.82, 2.24) is 0 Å². The SMILES string of the molecule is CC1(C)[C@H]2CC[C@]1(C[Se]/C=C/C(=O)O)[C@@H](O)C2. The van der Waals surface area contributed by atoms with Crippen LogP contribution in [-0.4, -0.2) is 37.2 Å². The van der Waals surface area contributed by atoms with Crippen molar-refractivity contribution < 1.29 is 15.0 Å². The van der Waals surface area contributed by atoms with Gasteiger partial charge in [0.25, 0.3) is 0 Å². The van der Waals surface area contributed by atoms with Crippen molar-refractivity contribution in [2.75, 3.05) is 0 Å². The number of hydrogen-bond acceptors (Lipinski definition) is 2. The molecule has 0 saturated heterocycles. The zero-order valence-corrected chi connectivity index (χ0v) is 12.1. The Morgan fingerprint density at radius 1 is 1.53 bits per heavy atom. The van der Waals surface area contributed by atoms with Gasteiger partial charge in [-0.25, -0.2) is 0 Å². The number of aliphatic carboxylic acids is 1. The zero-order chi connectivity index (χ0) is 12.7. The van der Waals surface area contributed by atoms with E-state index in [-0.39, 0.29) is 31.9 Å². The molecule has 0 radical (unpaired) electrons. The normalized spacial score (nSPS) is 39.0. The summed E-state index contributed by atoms with van der Waals surface area (Å²) in [6, 6.07) is 0. The molecule has 2 aliphatic carbocycles. The molecular formula is C13H20O3Se. The topological polar surface area (TPSA) is 57.5 Å². The molecule has 0 aromatic carbocycles. The molecule has 0 aromatic heterocycles. The Morgan fingerprint density at radius 3 is 2.71 bits per heavy atom. The fourth-order valence-electron chi connectivity index (χ4n) is 3.68. The number of carboxylic acids is 1. The molecule has 3 nitrogen and oxygen atoms in total. The van der Waals surface area contributed by atoms with Gasteiger partial charge in [0, 0.05) is 0 Å². The molecule has 0 amide bonds. The summed E-state index contributed by atoms with van der Waals surface area (Å²) in [4.78, 5) is 12.2. The summed E-state index contributed by atoms with van der Waals surface area (Å²) in [7, 11) is 0. The maximum absolute atomic E-state index is 10.4. The molecule has 17 heavy (non-hydrogen) atoms. The Kier molecular flexibility index (Phi) is 3.41. The molecule has 2 saturated carbocycles. The third-order valence-corrected chi connectivity index (χ3v) is 7.16. The average Bonchev–Trinajstić information content (AvgIpc) is 2.58. The van der Waals surface area contributed by atoms with Crippen LogP contribution < -0.4 is 0 Å². The van der Waals surface area contributed by atoms with Crippen LogP contribution in [0.15, 0.2) is 11.1 Å². The Hall–Kier alpha value is -0.311. The van der Waals surface area contributed by atoms with Crippen LogP contribution in [0.4, 0.5) is 0 Å². The molecule has 2 aliphatic rings. The molecule has 2 rings (SSSR count). The van der Waals surface area contributed by atoms with Gasteiger partial charge in [0.1, 0.15) is 0 Å². The van der Waals surface area contributed by atoms with Crippen LogP contribution in [0.5, 0.6) is 0 Å². The van der Waals surface area contributed by atoms with E-state index in [9.17, 15) is 9.90 Å². The molecule has 2 N–H and O–H groups in total. The van der Waals surface area contributed by atoms with E-state index < -0.39 is 5.97 Å². The van der Waals surface area contributed by atoms with Gasteiger partial charge in [-0.15, -0.1) is 0 Å². The minimum absolute atomic E-state index is 0.0422. The summed E-state index contributed by atoms with van der Waals surface area (Å²) in [5, 5.41) is 19.8. The van der Waals surface area contributed by atoms with E-state index in [2.05, 4.69) is 13.8 Å². The van der Waals surface area contributed by atoms with Gasteiger partial charge < -0.3 is 0 Å². The second kappa shape index (κ2) is 4.42. The number of fused-ring (bicyclic) bond motifs is 2. The van der Waals surface area contributed by atoms with E-state index in [1.54, 1.807) is 4.97 Å². The summed E-state index contributed by atoms with van der Waals surface area (Å²) in [6.45, 7) is 4.55. The van der Waals surface area contributed by atoms with Crippen LogP contribution in [0.25, 0.3) is 0 Å². The Labute approximate surface area is 108 Å². The molecule has 3 atom stereocenters. The molecule has 2 bridgehead atoms. The van der Waals surface area contributed by atoms with Gasteiger partial charge in [-0.3, -0.25) is 0 Å². The van der Waals surface area contributed by atoms with Crippen LogP contribution in [0.2, 0.25) is 5.32 Å². The monoisotopic (exact) mass is 304 g/mol. The average molecular weight is 303 g/mol. The van der Waals surface area contributed by atoms with Crippen LogP contribution in [0.3, 0.4) is 0 Å². The third kappa shape index (κ3) is 1.96. The quantitative estimate of drug-likeness (QED) is 0.616. The van der Waals surface area contributed by atoms with E-state index in [0.29, 0.717) is 5.92 Å². The number of aliphatic hydroxyl groups is 1. The molecule has 0 aromatic rings. The molecule has 0 heterocycles. The first-order valence-corrected chi connectivity index (χ1v) is 8.29. The van der Waals surface area contributed by atoms with Crippen molar-refractivity contribution in [2.24, 2.45) is 16.7 Å². The fourth-order valence-corrected chi connectivity index (χ4v) is 6.44. The molecule has 2 fully saturated rings. The van der Waals surface area contributed by atoms with Crippen LogP contribution >= 0.6 is 0 Å². The van der Waals surface area contributed by atoms with E-state index in [4.69, 9.17) is 5.11 Å². The zero-order valence-electron chi connectivity index (χ0n) is 10.3. The first-order valence-electron chi connectivity index (χ1n) is 6.09. The predicted octanol–water partition coefficient (Wildman–Crippen LogP) is 1.89. The van der Waals surface area contributed by atoms with Crippen molar-refractivity contribution in [3.63, 3.8) is 0 Å². The number of carboxylic acid groups (broad SMARTS) is 1. The molecule has 4 heteroatoms. The van der Waals surface area contributed by atoms with Crippen molar-refractivity contribution in [1.29, 1.82) is 0 Å². The summed E-state index contributed by atoms with van der Waals surface area (Å²) in [5.41, 5.74) is 0.256.